The fraction of sp³-hybridized carbons (Fsp3) is 0. The quantitative estimate of drug-likeness (QED) is 0.0935. The first-order valence-corrected chi connectivity index (χ1v) is 30.2. The number of para-hydroxylation sites is 2. The van der Waals surface area contributed by atoms with Crippen molar-refractivity contribution < 1.29 is 0 Å². The molecule has 11 aromatic carbocycles. The molecule has 76 heavy (non-hydrogen) atoms. The standard InChI is InChI=1S/C71H51N3Si2/c1-8-26-52(27-9-1)53-48-70(73-66-42-24-22-40-62(66)63-41-23-25-43-67(63)73)72-71(49-53)74-68-46-44-60(75(54-28-10-2-11-29-54,55-30-12-3-13-31-55)56-32-14-4-15-33-56)50-64(68)65-51-61(45-47-69(65)74)76(57-34-16-5-17-35-57,58-36-18-6-19-37-58)59-38-20-7-21-39-59/h1-51H. The fourth-order valence-electron chi connectivity index (χ4n) is 12.6. The molecule has 3 heterocycles. The first-order chi connectivity index (χ1) is 37.7. The Kier molecular flexibility index (Phi) is 11.2. The van der Waals surface area contributed by atoms with Gasteiger partial charge in [0.25, 0.3) is 0 Å². The van der Waals surface area contributed by atoms with Crippen molar-refractivity contribution in [3.8, 4) is 22.8 Å². The molecule has 0 amide bonds. The van der Waals surface area contributed by atoms with Crippen LogP contribution in [0.1, 0.15) is 0 Å². The van der Waals surface area contributed by atoms with Crippen molar-refractivity contribution in [3.63, 3.8) is 0 Å². The Morgan fingerprint density at radius 2 is 0.487 bits per heavy atom. The van der Waals surface area contributed by atoms with Crippen molar-refractivity contribution in [1.29, 1.82) is 0 Å². The average molecular weight is 1000 g/mol. The highest BCUT2D eigenvalue weighted by Crippen LogP contribution is 2.37. The summed E-state index contributed by atoms with van der Waals surface area (Å²) < 4.78 is 4.79. The summed E-state index contributed by atoms with van der Waals surface area (Å²) in [6.45, 7) is 0. The molecule has 14 aromatic rings. The van der Waals surface area contributed by atoms with Crippen LogP contribution < -0.4 is 41.5 Å². The summed E-state index contributed by atoms with van der Waals surface area (Å²) in [7, 11) is -5.91. The molecular formula is C71H51N3Si2. The van der Waals surface area contributed by atoms with Gasteiger partial charge in [-0.2, -0.15) is 0 Å². The zero-order valence-corrected chi connectivity index (χ0v) is 43.8. The molecule has 5 heteroatoms. The van der Waals surface area contributed by atoms with E-state index >= 15 is 0 Å². The summed E-state index contributed by atoms with van der Waals surface area (Å²) in [4.78, 5) is 5.82. The second kappa shape index (κ2) is 18.8. The smallest absolute Gasteiger partial charge is 0.179 e. The van der Waals surface area contributed by atoms with E-state index in [1.165, 1.54) is 63.0 Å². The molecule has 0 N–H and O–H groups in total. The van der Waals surface area contributed by atoms with Gasteiger partial charge in [0.15, 0.2) is 16.1 Å². The normalized spacial score (nSPS) is 11.9. The van der Waals surface area contributed by atoms with Crippen LogP contribution in [0, 0.1) is 0 Å². The monoisotopic (exact) mass is 1000 g/mol. The van der Waals surface area contributed by atoms with Crippen LogP contribution in [-0.4, -0.2) is 30.3 Å². The number of hydrogen-bond donors (Lipinski definition) is 0. The Morgan fingerprint density at radius 1 is 0.211 bits per heavy atom. The first kappa shape index (κ1) is 45.2. The molecule has 0 aliphatic rings. The van der Waals surface area contributed by atoms with Crippen molar-refractivity contribution >= 4 is 101 Å². The number of rotatable bonds is 11. The van der Waals surface area contributed by atoms with Crippen molar-refractivity contribution in [2.75, 3.05) is 0 Å². The lowest BCUT2D eigenvalue weighted by atomic mass is 10.1. The van der Waals surface area contributed by atoms with Gasteiger partial charge in [0.1, 0.15) is 11.6 Å². The van der Waals surface area contributed by atoms with E-state index in [9.17, 15) is 0 Å². The first-order valence-electron chi connectivity index (χ1n) is 26.2. The highest BCUT2D eigenvalue weighted by molar-refractivity contribution is 7.20. The molecule has 0 aliphatic carbocycles. The van der Waals surface area contributed by atoms with E-state index in [0.29, 0.717) is 0 Å². The molecular weight excluding hydrogens is 951 g/mol. The number of fused-ring (bicyclic) bond motifs is 6. The molecule has 3 nitrogen and oxygen atoms in total. The maximum atomic E-state index is 5.82. The summed E-state index contributed by atoms with van der Waals surface area (Å²) in [6, 6.07) is 115. The van der Waals surface area contributed by atoms with E-state index in [4.69, 9.17) is 4.98 Å². The van der Waals surface area contributed by atoms with Crippen LogP contribution in [-0.2, 0) is 0 Å². The van der Waals surface area contributed by atoms with Crippen molar-refractivity contribution in [3.05, 3.63) is 309 Å². The molecule has 0 aliphatic heterocycles. The maximum absolute atomic E-state index is 5.82. The molecule has 3 aromatic heterocycles. The van der Waals surface area contributed by atoms with E-state index in [2.05, 4.69) is 319 Å². The van der Waals surface area contributed by atoms with Crippen LogP contribution in [0.3, 0.4) is 0 Å². The average Bonchev–Trinajstić information content (AvgIpc) is 4.12. The Balaban J connectivity index is 1.13. The summed E-state index contributed by atoms with van der Waals surface area (Å²) in [5.41, 5.74) is 6.68. The highest BCUT2D eigenvalue weighted by atomic mass is 28.3. The Bertz CT molecular complexity index is 3940. The zero-order chi connectivity index (χ0) is 50.5. The Morgan fingerprint density at radius 3 is 0.816 bits per heavy atom. The number of aromatic nitrogens is 3. The lowest BCUT2D eigenvalue weighted by Crippen LogP contribution is -2.74. The molecule has 0 atom stereocenters. The molecule has 0 bridgehead atoms. The van der Waals surface area contributed by atoms with Crippen LogP contribution in [0.15, 0.2) is 309 Å². The molecule has 0 saturated heterocycles. The third-order valence-corrected chi connectivity index (χ3v) is 25.4. The van der Waals surface area contributed by atoms with Gasteiger partial charge >= 0.3 is 0 Å². The second-order valence-electron chi connectivity index (χ2n) is 19.8. The van der Waals surface area contributed by atoms with E-state index in [1.54, 1.807) is 0 Å². The predicted molar refractivity (Wildman–Crippen MR) is 326 cm³/mol. The van der Waals surface area contributed by atoms with Gasteiger partial charge in [-0.3, -0.25) is 9.13 Å². The van der Waals surface area contributed by atoms with Crippen molar-refractivity contribution in [1.82, 2.24) is 14.1 Å². The molecule has 0 saturated carbocycles. The van der Waals surface area contributed by atoms with Crippen molar-refractivity contribution in [2.24, 2.45) is 0 Å². The van der Waals surface area contributed by atoms with Gasteiger partial charge in [-0.05, 0) is 89.0 Å². The number of benzene rings is 11. The Hall–Kier alpha value is -9.40. The van der Waals surface area contributed by atoms with Gasteiger partial charge in [0.2, 0.25) is 0 Å². The van der Waals surface area contributed by atoms with E-state index in [1.807, 2.05) is 0 Å². The minimum absolute atomic E-state index is 0.856. The zero-order valence-electron chi connectivity index (χ0n) is 41.8. The Labute approximate surface area is 444 Å². The van der Waals surface area contributed by atoms with Gasteiger partial charge in [0.05, 0.1) is 22.1 Å². The van der Waals surface area contributed by atoms with Crippen LogP contribution in [0.5, 0.6) is 0 Å². The second-order valence-corrected chi connectivity index (χ2v) is 27.4. The third kappa shape index (κ3) is 7.19. The molecule has 14 rings (SSSR count). The lowest BCUT2D eigenvalue weighted by Gasteiger charge is -2.34. The summed E-state index contributed by atoms with van der Waals surface area (Å²) in [5.74, 6) is 1.72. The molecule has 0 spiro atoms. The van der Waals surface area contributed by atoms with Gasteiger partial charge in [-0.25, -0.2) is 4.98 Å². The summed E-state index contributed by atoms with van der Waals surface area (Å²) in [5, 5.41) is 15.5. The van der Waals surface area contributed by atoms with Crippen LogP contribution in [0.2, 0.25) is 0 Å². The van der Waals surface area contributed by atoms with Crippen molar-refractivity contribution in [2.45, 2.75) is 0 Å². The topological polar surface area (TPSA) is 22.8 Å². The van der Waals surface area contributed by atoms with Gasteiger partial charge in [-0.15, -0.1) is 0 Å². The fourth-order valence-corrected chi connectivity index (χ4v) is 22.1. The largest absolute Gasteiger partial charge is 0.294 e. The minimum atomic E-state index is -2.95. The lowest BCUT2D eigenvalue weighted by molar-refractivity contribution is 1.01. The highest BCUT2D eigenvalue weighted by Gasteiger charge is 2.43. The number of nitrogens with zero attached hydrogens (tertiary/aromatic N) is 3. The number of hydrogen-bond acceptors (Lipinski definition) is 1. The molecule has 0 unspecified atom stereocenters. The maximum Gasteiger partial charge on any atom is 0.179 e. The SMILES string of the molecule is c1ccc(-c2cc(-n3c4ccccc4c4ccccc43)nc(-n3c4ccc([Si](c5ccccc5)(c5ccccc5)c5ccccc5)cc4c4cc([Si](c5ccccc5)(c5ccccc5)c5ccccc5)ccc43)c2)cc1. The molecule has 358 valence electrons. The van der Waals surface area contributed by atoms with E-state index < -0.39 is 16.1 Å². The molecule has 0 radical (unpaired) electrons. The van der Waals surface area contributed by atoms with E-state index in [-0.39, 0.29) is 0 Å². The van der Waals surface area contributed by atoms with Crippen LogP contribution in [0.4, 0.5) is 0 Å². The van der Waals surface area contributed by atoms with Gasteiger partial charge < -0.3 is 0 Å². The summed E-state index contributed by atoms with van der Waals surface area (Å²) >= 11 is 0. The van der Waals surface area contributed by atoms with Crippen LogP contribution >= 0.6 is 0 Å². The predicted octanol–water partition coefficient (Wildman–Crippen LogP) is 11.7. The van der Waals surface area contributed by atoms with Gasteiger partial charge in [-0.1, -0.05) is 273 Å². The van der Waals surface area contributed by atoms with Gasteiger partial charge in [0, 0.05) is 21.5 Å². The molecule has 0 fully saturated rings. The third-order valence-electron chi connectivity index (χ3n) is 15.8. The summed E-state index contributed by atoms with van der Waals surface area (Å²) in [6.07, 6.45) is 0. The van der Waals surface area contributed by atoms with Crippen LogP contribution in [0.25, 0.3) is 66.4 Å². The minimum Gasteiger partial charge on any atom is -0.294 e. The van der Waals surface area contributed by atoms with E-state index in [0.717, 1.165) is 44.8 Å². The number of pyridine rings is 1.